The number of carbonyl (C=O) groups excluding carboxylic acids is 1. The molecule has 12 heteroatoms. The van der Waals surface area contributed by atoms with Gasteiger partial charge in [-0.1, -0.05) is 24.3 Å². The Kier molecular flexibility index (Phi) is 6.97. The number of carbonyl (C=O) groups is 1. The Bertz CT molecular complexity index is 1610. The Morgan fingerprint density at radius 3 is 2.45 bits per heavy atom. The summed E-state index contributed by atoms with van der Waals surface area (Å²) in [6.45, 7) is 3.03. The van der Waals surface area contributed by atoms with E-state index >= 15 is 0 Å². The number of halogens is 1. The maximum absolute atomic E-state index is 13.5. The Hall–Kier alpha value is -3.35. The van der Waals surface area contributed by atoms with Crippen LogP contribution in [0.5, 0.6) is 0 Å². The van der Waals surface area contributed by atoms with Gasteiger partial charge in [-0.3, -0.25) is 9.20 Å². The highest BCUT2D eigenvalue weighted by Crippen LogP contribution is 2.38. The van der Waals surface area contributed by atoms with Gasteiger partial charge in [0.25, 0.3) is 5.91 Å². The number of thiazole rings is 1. The predicted octanol–water partition coefficient (Wildman–Crippen LogP) is 4.17. The molecule has 200 valence electrons. The summed E-state index contributed by atoms with van der Waals surface area (Å²) >= 11 is 1.18. The highest BCUT2D eigenvalue weighted by Gasteiger charge is 2.27. The molecule has 5 rings (SSSR count). The Morgan fingerprint density at radius 1 is 1.16 bits per heavy atom. The molecule has 4 aromatic rings. The van der Waals surface area contributed by atoms with E-state index in [1.54, 1.807) is 12.1 Å². The summed E-state index contributed by atoms with van der Waals surface area (Å²) in [6, 6.07) is 9.85. The molecule has 9 nitrogen and oxygen atoms in total. The second-order valence-corrected chi connectivity index (χ2v) is 12.4. The van der Waals surface area contributed by atoms with Crippen molar-refractivity contribution in [3.05, 3.63) is 64.5 Å². The van der Waals surface area contributed by atoms with Gasteiger partial charge < -0.3 is 10.6 Å². The Morgan fingerprint density at radius 2 is 1.84 bits per heavy atom. The molecule has 1 amide bonds. The van der Waals surface area contributed by atoms with E-state index in [1.165, 1.54) is 34.0 Å². The first-order chi connectivity index (χ1) is 18.1. The van der Waals surface area contributed by atoms with E-state index in [0.717, 1.165) is 35.6 Å². The van der Waals surface area contributed by atoms with Crippen LogP contribution in [-0.4, -0.2) is 59.4 Å². The van der Waals surface area contributed by atoms with E-state index in [-0.39, 0.29) is 11.7 Å². The number of imidazole rings is 1. The van der Waals surface area contributed by atoms with Crippen molar-refractivity contribution in [3.63, 3.8) is 0 Å². The minimum absolute atomic E-state index is 0.231. The molecule has 0 spiro atoms. The van der Waals surface area contributed by atoms with Crippen molar-refractivity contribution in [2.24, 2.45) is 5.73 Å². The molecule has 4 heterocycles. The third-order valence-corrected chi connectivity index (χ3v) is 9.43. The lowest BCUT2D eigenvalue weighted by Gasteiger charge is -2.30. The third-order valence-electron chi connectivity index (χ3n) is 6.98. The monoisotopic (exact) mass is 556 g/mol. The summed E-state index contributed by atoms with van der Waals surface area (Å²) < 4.78 is 40.9. The minimum atomic E-state index is -3.19. The molecule has 2 N–H and O–H groups in total. The van der Waals surface area contributed by atoms with Crippen LogP contribution >= 0.6 is 11.3 Å². The van der Waals surface area contributed by atoms with Gasteiger partial charge in [-0.2, -0.15) is 0 Å². The second kappa shape index (κ2) is 10.1. The zero-order valence-electron chi connectivity index (χ0n) is 21.4. The number of nitrogens with two attached hydrogens (primary N) is 1. The molecule has 0 atom stereocenters. The molecule has 1 aliphatic rings. The van der Waals surface area contributed by atoms with E-state index in [0.29, 0.717) is 40.8 Å². The summed E-state index contributed by atoms with van der Waals surface area (Å²) in [5.41, 5.74) is 9.47. The number of rotatable bonds is 7. The van der Waals surface area contributed by atoms with Crippen LogP contribution in [0.1, 0.15) is 46.6 Å². The van der Waals surface area contributed by atoms with Gasteiger partial charge in [-0.25, -0.2) is 27.1 Å². The van der Waals surface area contributed by atoms with Crippen LogP contribution in [0.25, 0.3) is 16.9 Å². The van der Waals surface area contributed by atoms with Crippen LogP contribution in [0.3, 0.4) is 0 Å². The van der Waals surface area contributed by atoms with E-state index in [2.05, 4.69) is 12.3 Å². The Labute approximate surface area is 224 Å². The van der Waals surface area contributed by atoms with Crippen molar-refractivity contribution in [3.8, 4) is 11.3 Å². The van der Waals surface area contributed by atoms with Crippen LogP contribution in [-0.2, 0) is 16.4 Å². The molecular weight excluding hydrogens is 527 g/mol. The van der Waals surface area contributed by atoms with Gasteiger partial charge in [0.2, 0.25) is 10.0 Å². The molecule has 38 heavy (non-hydrogen) atoms. The quantitative estimate of drug-likeness (QED) is 0.366. The number of sulfonamides is 1. The van der Waals surface area contributed by atoms with E-state index in [4.69, 9.17) is 15.7 Å². The number of piperidine rings is 1. The molecule has 0 radical (unpaired) electrons. The summed E-state index contributed by atoms with van der Waals surface area (Å²) in [6.07, 6.45) is 5.49. The number of pyridine rings is 1. The fraction of sp³-hybridized carbons (Fsp3) is 0.346. The number of amides is 1. The number of nitrogens with zero attached hydrogens (tertiary/aromatic N) is 5. The SMILES string of the molecule is CCc1nc2ccc(C3CCN(S(C)(=O)=O)CC3)cn2c1N(C)c1nc(-c2ccc(F)cc2)c(C(N)=O)s1. The molecule has 3 aromatic heterocycles. The van der Waals surface area contributed by atoms with Crippen molar-refractivity contribution in [1.29, 1.82) is 0 Å². The minimum Gasteiger partial charge on any atom is -0.365 e. The van der Waals surface area contributed by atoms with Gasteiger partial charge >= 0.3 is 0 Å². The maximum Gasteiger partial charge on any atom is 0.261 e. The first-order valence-electron chi connectivity index (χ1n) is 12.3. The number of aromatic nitrogens is 3. The van der Waals surface area contributed by atoms with Crippen LogP contribution in [0.15, 0.2) is 42.6 Å². The third kappa shape index (κ3) is 4.91. The molecule has 0 bridgehead atoms. The van der Waals surface area contributed by atoms with Crippen molar-refractivity contribution >= 4 is 43.9 Å². The molecule has 0 saturated carbocycles. The van der Waals surface area contributed by atoms with Crippen LogP contribution in [0, 0.1) is 5.82 Å². The number of fused-ring (bicyclic) bond motifs is 1. The van der Waals surface area contributed by atoms with E-state index in [1.807, 2.05) is 29.3 Å². The van der Waals surface area contributed by atoms with Gasteiger partial charge in [0.1, 0.15) is 22.2 Å². The zero-order chi connectivity index (χ0) is 27.2. The highest BCUT2D eigenvalue weighted by molar-refractivity contribution is 7.88. The molecule has 1 fully saturated rings. The zero-order valence-corrected chi connectivity index (χ0v) is 23.0. The molecule has 1 aliphatic heterocycles. The second-order valence-electron chi connectivity index (χ2n) is 9.47. The summed E-state index contributed by atoms with van der Waals surface area (Å²) in [4.78, 5) is 24.0. The summed E-state index contributed by atoms with van der Waals surface area (Å²) in [7, 11) is -1.32. The number of primary amides is 1. The fourth-order valence-corrected chi connectivity index (χ4v) is 6.74. The smallest absolute Gasteiger partial charge is 0.261 e. The van der Waals surface area contributed by atoms with Crippen molar-refractivity contribution < 1.29 is 17.6 Å². The van der Waals surface area contributed by atoms with Crippen LogP contribution < -0.4 is 10.6 Å². The number of benzene rings is 1. The number of hydrogen-bond acceptors (Lipinski definition) is 7. The summed E-state index contributed by atoms with van der Waals surface area (Å²) in [5.74, 6) is 0.0823. The van der Waals surface area contributed by atoms with E-state index in [9.17, 15) is 17.6 Å². The normalized spacial score (nSPS) is 15.3. The topological polar surface area (TPSA) is 114 Å². The first-order valence-corrected chi connectivity index (χ1v) is 15.0. The average Bonchev–Trinajstić information content (AvgIpc) is 3.50. The van der Waals surface area contributed by atoms with Gasteiger partial charge in [0.05, 0.1) is 17.6 Å². The molecule has 0 aliphatic carbocycles. The standard InChI is InChI=1S/C26H29FN6O3S2/c1-4-20-25(31(2)26-30-22(23(37-26)24(28)34)17-5-8-19(27)9-6-17)33-15-18(7-10-21(33)29-20)16-11-13-32(14-12-16)38(3,35)36/h5-10,15-16H,4,11-14H2,1-3H3,(H2,28,34). The summed E-state index contributed by atoms with van der Waals surface area (Å²) in [5, 5.41) is 0.557. The Balaban J connectivity index is 1.53. The first kappa shape index (κ1) is 26.3. The van der Waals surface area contributed by atoms with Crippen molar-refractivity contribution in [2.75, 3.05) is 31.3 Å². The lowest BCUT2D eigenvalue weighted by atomic mass is 9.91. The molecule has 1 saturated heterocycles. The van der Waals surface area contributed by atoms with Crippen molar-refractivity contribution in [1.82, 2.24) is 18.7 Å². The lowest BCUT2D eigenvalue weighted by Crippen LogP contribution is -2.37. The number of hydrogen-bond donors (Lipinski definition) is 1. The van der Waals surface area contributed by atoms with Gasteiger partial charge in [-0.05, 0) is 61.1 Å². The van der Waals surface area contributed by atoms with E-state index < -0.39 is 15.9 Å². The van der Waals surface area contributed by atoms with Crippen LogP contribution in [0.4, 0.5) is 15.3 Å². The molecular formula is C26H29FN6O3S2. The molecule has 0 unspecified atom stereocenters. The average molecular weight is 557 g/mol. The highest BCUT2D eigenvalue weighted by atomic mass is 32.2. The number of aryl methyl sites for hydroxylation is 1. The number of anilines is 2. The maximum atomic E-state index is 13.5. The van der Waals surface area contributed by atoms with Gasteiger partial charge in [-0.15, -0.1) is 0 Å². The van der Waals surface area contributed by atoms with Crippen LogP contribution in [0.2, 0.25) is 0 Å². The van der Waals surface area contributed by atoms with Crippen molar-refractivity contribution in [2.45, 2.75) is 32.1 Å². The largest absolute Gasteiger partial charge is 0.365 e. The fourth-order valence-electron chi connectivity index (χ4n) is 4.97. The molecule has 1 aromatic carbocycles. The predicted molar refractivity (Wildman–Crippen MR) is 147 cm³/mol. The lowest BCUT2D eigenvalue weighted by molar-refractivity contribution is 0.100. The van der Waals surface area contributed by atoms with Gasteiger partial charge in [0, 0.05) is 31.9 Å². The van der Waals surface area contributed by atoms with Gasteiger partial charge in [0.15, 0.2) is 5.13 Å².